The maximum absolute atomic E-state index is 14.0. The second kappa shape index (κ2) is 8.65. The Bertz CT molecular complexity index is 877. The molecule has 0 saturated heterocycles. The van der Waals surface area contributed by atoms with Crippen LogP contribution in [-0.4, -0.2) is 56.4 Å². The fraction of sp³-hybridized carbons (Fsp3) is 0.471. The Kier molecular flexibility index (Phi) is 7.26. The molecule has 156 valence electrons. The van der Waals surface area contributed by atoms with Crippen molar-refractivity contribution in [1.82, 2.24) is 14.9 Å². The van der Waals surface area contributed by atoms with Gasteiger partial charge in [0.05, 0.1) is 10.5 Å². The van der Waals surface area contributed by atoms with E-state index in [9.17, 15) is 27.2 Å². The highest BCUT2D eigenvalue weighted by atomic mass is 32.2. The average molecular weight is 417 g/mol. The molecule has 0 unspecified atom stereocenters. The van der Waals surface area contributed by atoms with E-state index in [4.69, 9.17) is 4.74 Å². The number of imide groups is 1. The number of sulfonamides is 1. The van der Waals surface area contributed by atoms with Gasteiger partial charge in [0.1, 0.15) is 5.82 Å². The summed E-state index contributed by atoms with van der Waals surface area (Å²) in [6.45, 7) is 6.31. The predicted molar refractivity (Wildman–Crippen MR) is 98.6 cm³/mol. The van der Waals surface area contributed by atoms with Crippen LogP contribution in [-0.2, 0) is 19.6 Å². The van der Waals surface area contributed by atoms with Gasteiger partial charge in [-0.2, -0.15) is 0 Å². The summed E-state index contributed by atoms with van der Waals surface area (Å²) in [5.41, 5.74) is -1.24. The van der Waals surface area contributed by atoms with Crippen LogP contribution in [0, 0.1) is 5.82 Å². The van der Waals surface area contributed by atoms with Gasteiger partial charge < -0.3 is 10.1 Å². The molecule has 1 aromatic rings. The van der Waals surface area contributed by atoms with E-state index in [1.807, 2.05) is 5.32 Å². The van der Waals surface area contributed by atoms with Crippen molar-refractivity contribution in [2.75, 3.05) is 14.1 Å². The van der Waals surface area contributed by atoms with Crippen LogP contribution >= 0.6 is 0 Å². The number of benzene rings is 1. The molecule has 1 rings (SSSR count). The maximum Gasteiger partial charge on any atom is 0.341 e. The molecular weight excluding hydrogens is 393 g/mol. The summed E-state index contributed by atoms with van der Waals surface area (Å²) >= 11 is 0. The molecule has 0 aliphatic rings. The molecule has 1 atom stereocenters. The normalized spacial score (nSPS) is 13.0. The van der Waals surface area contributed by atoms with E-state index in [-0.39, 0.29) is 4.90 Å². The highest BCUT2D eigenvalue weighted by Crippen LogP contribution is 2.19. The molecule has 3 amide bonds. The number of ether oxygens (including phenoxy) is 1. The first-order valence-corrected chi connectivity index (χ1v) is 9.65. The largest absolute Gasteiger partial charge is 0.449 e. The van der Waals surface area contributed by atoms with E-state index in [1.54, 1.807) is 20.8 Å². The summed E-state index contributed by atoms with van der Waals surface area (Å²) in [5.74, 6) is -3.18. The van der Waals surface area contributed by atoms with Crippen LogP contribution < -0.4 is 10.6 Å². The number of carbonyl (C=O) groups excluding carboxylic acids is 3. The topological polar surface area (TPSA) is 122 Å². The zero-order chi connectivity index (χ0) is 21.9. The third-order valence-electron chi connectivity index (χ3n) is 3.31. The first-order chi connectivity index (χ1) is 12.6. The van der Waals surface area contributed by atoms with E-state index in [0.29, 0.717) is 0 Å². The van der Waals surface area contributed by atoms with Crippen LogP contribution in [0.15, 0.2) is 23.1 Å². The predicted octanol–water partition coefficient (Wildman–Crippen LogP) is 1.25. The lowest BCUT2D eigenvalue weighted by molar-refractivity contribution is -0.127. The van der Waals surface area contributed by atoms with Gasteiger partial charge in [-0.3, -0.25) is 10.1 Å². The lowest BCUT2D eigenvalue weighted by Crippen LogP contribution is -2.50. The van der Waals surface area contributed by atoms with Crippen LogP contribution in [0.4, 0.5) is 9.18 Å². The number of rotatable bonds is 5. The molecule has 0 aliphatic heterocycles. The Morgan fingerprint density at radius 3 is 2.25 bits per heavy atom. The number of amides is 3. The lowest BCUT2D eigenvalue weighted by Gasteiger charge is -2.21. The molecule has 0 fully saturated rings. The first-order valence-electron chi connectivity index (χ1n) is 8.21. The van der Waals surface area contributed by atoms with Crippen molar-refractivity contribution in [3.63, 3.8) is 0 Å². The lowest BCUT2D eigenvalue weighted by atomic mass is 10.1. The molecule has 28 heavy (non-hydrogen) atoms. The minimum Gasteiger partial charge on any atom is -0.449 e. The van der Waals surface area contributed by atoms with E-state index in [0.717, 1.165) is 22.5 Å². The Balaban J connectivity index is 2.93. The van der Waals surface area contributed by atoms with Crippen LogP contribution in [0.2, 0.25) is 0 Å². The smallest absolute Gasteiger partial charge is 0.341 e. The molecule has 0 radical (unpaired) electrons. The second-order valence-corrected chi connectivity index (χ2v) is 9.32. The second-order valence-electron chi connectivity index (χ2n) is 7.17. The van der Waals surface area contributed by atoms with Crippen molar-refractivity contribution in [2.45, 2.75) is 44.2 Å². The van der Waals surface area contributed by atoms with Gasteiger partial charge in [-0.25, -0.2) is 26.7 Å². The number of carbonyl (C=O) groups is 3. The van der Waals surface area contributed by atoms with Gasteiger partial charge in [-0.1, -0.05) is 0 Å². The van der Waals surface area contributed by atoms with Crippen molar-refractivity contribution >= 4 is 27.9 Å². The van der Waals surface area contributed by atoms with E-state index in [2.05, 4.69) is 5.32 Å². The molecule has 1 aromatic carbocycles. The zero-order valence-corrected chi connectivity index (χ0v) is 17.3. The number of nitrogens with one attached hydrogen (secondary N) is 2. The zero-order valence-electron chi connectivity index (χ0n) is 16.5. The number of esters is 1. The number of urea groups is 1. The Morgan fingerprint density at radius 2 is 1.75 bits per heavy atom. The molecule has 2 N–H and O–H groups in total. The summed E-state index contributed by atoms with van der Waals surface area (Å²) in [4.78, 5) is 35.5. The highest BCUT2D eigenvalue weighted by Gasteiger charge is 2.26. The third-order valence-corrected chi connectivity index (χ3v) is 5.13. The molecule has 0 spiro atoms. The summed E-state index contributed by atoms with van der Waals surface area (Å²) in [6, 6.07) is 1.86. The minimum absolute atomic E-state index is 0.312. The Hall–Kier alpha value is -2.53. The molecule has 0 bridgehead atoms. The van der Waals surface area contributed by atoms with Gasteiger partial charge in [-0.05, 0) is 45.9 Å². The van der Waals surface area contributed by atoms with Crippen molar-refractivity contribution in [2.24, 2.45) is 0 Å². The molecule has 11 heteroatoms. The van der Waals surface area contributed by atoms with Crippen molar-refractivity contribution in [3.05, 3.63) is 29.6 Å². The van der Waals surface area contributed by atoms with Crippen molar-refractivity contribution in [1.29, 1.82) is 0 Å². The molecule has 0 saturated carbocycles. The molecule has 9 nitrogen and oxygen atoms in total. The van der Waals surface area contributed by atoms with Crippen LogP contribution in [0.1, 0.15) is 38.1 Å². The fourth-order valence-corrected chi connectivity index (χ4v) is 2.82. The molecular formula is C17H24FN3O6S. The summed E-state index contributed by atoms with van der Waals surface area (Å²) in [7, 11) is -1.33. The number of hydrogen-bond acceptors (Lipinski definition) is 6. The van der Waals surface area contributed by atoms with Gasteiger partial charge in [0.15, 0.2) is 6.10 Å². The van der Waals surface area contributed by atoms with Gasteiger partial charge in [0, 0.05) is 19.6 Å². The van der Waals surface area contributed by atoms with Gasteiger partial charge in [0.2, 0.25) is 10.0 Å². The van der Waals surface area contributed by atoms with Crippen LogP contribution in [0.25, 0.3) is 0 Å². The Morgan fingerprint density at radius 1 is 1.18 bits per heavy atom. The number of nitrogens with zero attached hydrogens (tertiary/aromatic N) is 1. The highest BCUT2D eigenvalue weighted by molar-refractivity contribution is 7.89. The summed E-state index contributed by atoms with van der Waals surface area (Å²) < 4.78 is 44.0. The first kappa shape index (κ1) is 23.5. The van der Waals surface area contributed by atoms with Crippen molar-refractivity contribution in [3.8, 4) is 0 Å². The van der Waals surface area contributed by atoms with Crippen LogP contribution in [0.3, 0.4) is 0 Å². The summed E-state index contributed by atoms with van der Waals surface area (Å²) in [5, 5.41) is 4.49. The number of halogens is 1. The third kappa shape index (κ3) is 6.27. The van der Waals surface area contributed by atoms with Crippen molar-refractivity contribution < 1.29 is 31.9 Å². The molecule has 0 aromatic heterocycles. The monoisotopic (exact) mass is 417 g/mol. The van der Waals surface area contributed by atoms with E-state index in [1.165, 1.54) is 21.0 Å². The quantitative estimate of drug-likeness (QED) is 0.696. The molecule has 0 aliphatic carbocycles. The SMILES string of the molecule is C[C@@H](OC(=O)c1cc(S(=O)(=O)N(C)C)ccc1F)C(=O)NC(=O)NC(C)(C)C. The minimum atomic E-state index is -3.90. The van der Waals surface area contributed by atoms with Gasteiger partial charge in [-0.15, -0.1) is 0 Å². The van der Waals surface area contributed by atoms with Gasteiger partial charge in [0.25, 0.3) is 5.91 Å². The van der Waals surface area contributed by atoms with Crippen LogP contribution in [0.5, 0.6) is 0 Å². The average Bonchev–Trinajstić information content (AvgIpc) is 2.52. The maximum atomic E-state index is 14.0. The van der Waals surface area contributed by atoms with E-state index < -0.39 is 51.0 Å². The standard InChI is InChI=1S/C17H24FN3O6S/c1-10(14(22)19-16(24)20-17(2,3)4)27-15(23)12-9-11(7-8-13(12)18)28(25,26)21(5)6/h7-10H,1-6H3,(H2,19,20,22,24)/t10-/m1/s1. The fourth-order valence-electron chi connectivity index (χ4n) is 1.90. The number of hydrogen-bond donors (Lipinski definition) is 2. The Labute approximate surface area is 163 Å². The van der Waals surface area contributed by atoms with Gasteiger partial charge >= 0.3 is 12.0 Å². The summed E-state index contributed by atoms with van der Waals surface area (Å²) in [6.07, 6.45) is -1.42. The van der Waals surface area contributed by atoms with E-state index >= 15 is 0 Å². The molecule has 0 heterocycles.